The molecule has 0 radical (unpaired) electrons. The van der Waals surface area contributed by atoms with Gasteiger partial charge in [0.05, 0.1) is 0 Å². The fourth-order valence-corrected chi connectivity index (χ4v) is 2.09. The third kappa shape index (κ3) is 2.21. The van der Waals surface area contributed by atoms with Crippen LogP contribution in [0.2, 0.25) is 0 Å². The highest BCUT2D eigenvalue weighted by atomic mass is 16.5. The molecule has 2 heterocycles. The first-order valence-electron chi connectivity index (χ1n) is 5.22. The van der Waals surface area contributed by atoms with Gasteiger partial charge in [0.1, 0.15) is 0 Å². The molecule has 0 saturated carbocycles. The molecule has 74 valence electrons. The molecule has 2 rings (SSSR count). The molecule has 2 aliphatic rings. The molecule has 2 fully saturated rings. The average molecular weight is 183 g/mol. The Morgan fingerprint density at radius 1 is 1.38 bits per heavy atom. The van der Waals surface area contributed by atoms with Gasteiger partial charge in [0.25, 0.3) is 0 Å². The van der Waals surface area contributed by atoms with E-state index in [-0.39, 0.29) is 0 Å². The van der Waals surface area contributed by atoms with Crippen LogP contribution in [0.3, 0.4) is 0 Å². The van der Waals surface area contributed by atoms with Gasteiger partial charge in [-0.3, -0.25) is 4.79 Å². The maximum atomic E-state index is 11.7. The number of ether oxygens (including phenoxy) is 1. The molecule has 0 aromatic carbocycles. The first-order chi connectivity index (χ1) is 6.36. The van der Waals surface area contributed by atoms with E-state index in [1.807, 2.05) is 4.90 Å². The molecule has 3 heteroatoms. The van der Waals surface area contributed by atoms with Gasteiger partial charge in [-0.1, -0.05) is 0 Å². The van der Waals surface area contributed by atoms with Crippen molar-refractivity contribution in [3.8, 4) is 0 Å². The Balaban J connectivity index is 1.76. The third-order valence-electron chi connectivity index (χ3n) is 2.95. The van der Waals surface area contributed by atoms with Crippen LogP contribution in [0.1, 0.15) is 25.7 Å². The molecule has 3 nitrogen and oxygen atoms in total. The molecule has 0 aliphatic carbocycles. The van der Waals surface area contributed by atoms with Gasteiger partial charge in [0.15, 0.2) is 0 Å². The van der Waals surface area contributed by atoms with E-state index in [0.717, 1.165) is 32.7 Å². The maximum absolute atomic E-state index is 11.7. The lowest BCUT2D eigenvalue weighted by atomic mass is 10.0. The zero-order valence-corrected chi connectivity index (χ0v) is 8.00. The van der Waals surface area contributed by atoms with E-state index in [0.29, 0.717) is 18.2 Å². The van der Waals surface area contributed by atoms with Crippen molar-refractivity contribution in [3.05, 3.63) is 0 Å². The van der Waals surface area contributed by atoms with Crippen LogP contribution in [0.25, 0.3) is 0 Å². The average Bonchev–Trinajstić information content (AvgIpc) is 2.74. The fraction of sp³-hybridized carbons (Fsp3) is 0.900. The second-order valence-electron chi connectivity index (χ2n) is 4.02. The van der Waals surface area contributed by atoms with Crippen LogP contribution in [-0.2, 0) is 9.53 Å². The van der Waals surface area contributed by atoms with Crippen molar-refractivity contribution in [1.29, 1.82) is 0 Å². The normalized spacial score (nSPS) is 28.3. The lowest BCUT2D eigenvalue weighted by Crippen LogP contribution is -2.29. The Hall–Kier alpha value is -0.570. The summed E-state index contributed by atoms with van der Waals surface area (Å²) in [6.07, 6.45) is 4.15. The predicted molar refractivity (Wildman–Crippen MR) is 49.4 cm³/mol. The summed E-state index contributed by atoms with van der Waals surface area (Å²) in [6, 6.07) is 0. The summed E-state index contributed by atoms with van der Waals surface area (Å²) in [7, 11) is 0. The maximum Gasteiger partial charge on any atom is 0.222 e. The molecule has 0 bridgehead atoms. The summed E-state index contributed by atoms with van der Waals surface area (Å²) < 4.78 is 5.25. The minimum absolute atomic E-state index is 0.341. The minimum atomic E-state index is 0.341. The van der Waals surface area contributed by atoms with Crippen LogP contribution in [0.4, 0.5) is 0 Å². The second kappa shape index (κ2) is 4.09. The number of hydrogen-bond donors (Lipinski definition) is 0. The van der Waals surface area contributed by atoms with E-state index in [1.165, 1.54) is 12.8 Å². The number of nitrogens with zero attached hydrogens (tertiary/aromatic N) is 1. The predicted octanol–water partition coefficient (Wildman–Crippen LogP) is 1.04. The molecule has 13 heavy (non-hydrogen) atoms. The summed E-state index contributed by atoms with van der Waals surface area (Å²) in [5, 5.41) is 0. The molecule has 0 aromatic heterocycles. The third-order valence-corrected chi connectivity index (χ3v) is 2.95. The van der Waals surface area contributed by atoms with Gasteiger partial charge in [-0.05, 0) is 25.2 Å². The van der Waals surface area contributed by atoms with Gasteiger partial charge in [0, 0.05) is 32.7 Å². The minimum Gasteiger partial charge on any atom is -0.381 e. The van der Waals surface area contributed by atoms with Crippen LogP contribution in [0.15, 0.2) is 0 Å². The topological polar surface area (TPSA) is 29.5 Å². The van der Waals surface area contributed by atoms with Crippen molar-refractivity contribution < 1.29 is 9.53 Å². The summed E-state index contributed by atoms with van der Waals surface area (Å²) in [5.41, 5.74) is 0. The molecule has 1 unspecified atom stereocenters. The van der Waals surface area contributed by atoms with Crippen LogP contribution in [-0.4, -0.2) is 37.1 Å². The Morgan fingerprint density at radius 3 is 2.77 bits per heavy atom. The van der Waals surface area contributed by atoms with Gasteiger partial charge in [-0.15, -0.1) is 0 Å². The van der Waals surface area contributed by atoms with Crippen LogP contribution >= 0.6 is 0 Å². The van der Waals surface area contributed by atoms with Crippen molar-refractivity contribution in [2.45, 2.75) is 25.7 Å². The quantitative estimate of drug-likeness (QED) is 0.640. The number of rotatable bonds is 2. The second-order valence-corrected chi connectivity index (χ2v) is 4.02. The van der Waals surface area contributed by atoms with E-state index in [4.69, 9.17) is 4.74 Å². The fourth-order valence-electron chi connectivity index (χ4n) is 2.09. The monoisotopic (exact) mass is 183 g/mol. The highest BCUT2D eigenvalue weighted by molar-refractivity contribution is 5.76. The number of carbonyl (C=O) groups is 1. The Kier molecular flexibility index (Phi) is 2.83. The van der Waals surface area contributed by atoms with E-state index in [1.54, 1.807) is 0 Å². The van der Waals surface area contributed by atoms with Crippen LogP contribution in [0.5, 0.6) is 0 Å². The van der Waals surface area contributed by atoms with Gasteiger partial charge in [-0.2, -0.15) is 0 Å². The molecular formula is C10H17NO2. The summed E-state index contributed by atoms with van der Waals surface area (Å²) >= 11 is 0. The largest absolute Gasteiger partial charge is 0.381 e. The number of carbonyl (C=O) groups excluding carboxylic acids is 1. The summed E-state index contributed by atoms with van der Waals surface area (Å²) in [4.78, 5) is 13.7. The molecule has 0 aromatic rings. The zero-order valence-electron chi connectivity index (χ0n) is 8.00. The van der Waals surface area contributed by atoms with Crippen molar-refractivity contribution >= 4 is 5.91 Å². The SMILES string of the molecule is O=C(CC1CCOC1)N1CCCC1. The number of likely N-dealkylation sites (tertiary alicyclic amines) is 1. The molecule has 0 spiro atoms. The highest BCUT2D eigenvalue weighted by Gasteiger charge is 2.23. The van der Waals surface area contributed by atoms with Crippen molar-refractivity contribution in [3.63, 3.8) is 0 Å². The smallest absolute Gasteiger partial charge is 0.222 e. The van der Waals surface area contributed by atoms with E-state index < -0.39 is 0 Å². The molecular weight excluding hydrogens is 166 g/mol. The Morgan fingerprint density at radius 2 is 2.15 bits per heavy atom. The van der Waals surface area contributed by atoms with Gasteiger partial charge in [-0.25, -0.2) is 0 Å². The first kappa shape index (κ1) is 9.00. The van der Waals surface area contributed by atoms with Crippen molar-refractivity contribution in [2.75, 3.05) is 26.3 Å². The standard InChI is InChI=1S/C10H17NO2/c12-10(11-4-1-2-5-11)7-9-3-6-13-8-9/h9H,1-8H2. The Labute approximate surface area is 79.0 Å². The van der Waals surface area contributed by atoms with Gasteiger partial charge >= 0.3 is 0 Å². The van der Waals surface area contributed by atoms with Crippen LogP contribution < -0.4 is 0 Å². The van der Waals surface area contributed by atoms with Gasteiger partial charge in [0.2, 0.25) is 5.91 Å². The van der Waals surface area contributed by atoms with Crippen molar-refractivity contribution in [1.82, 2.24) is 4.90 Å². The molecule has 0 N–H and O–H groups in total. The first-order valence-corrected chi connectivity index (χ1v) is 5.22. The van der Waals surface area contributed by atoms with Gasteiger partial charge < -0.3 is 9.64 Å². The van der Waals surface area contributed by atoms with E-state index in [9.17, 15) is 4.79 Å². The van der Waals surface area contributed by atoms with E-state index in [2.05, 4.69) is 0 Å². The van der Waals surface area contributed by atoms with Crippen molar-refractivity contribution in [2.24, 2.45) is 5.92 Å². The highest BCUT2D eigenvalue weighted by Crippen LogP contribution is 2.19. The lowest BCUT2D eigenvalue weighted by molar-refractivity contribution is -0.131. The summed E-state index contributed by atoms with van der Waals surface area (Å²) in [6.45, 7) is 3.59. The summed E-state index contributed by atoms with van der Waals surface area (Å²) in [5.74, 6) is 0.834. The van der Waals surface area contributed by atoms with Crippen LogP contribution in [0, 0.1) is 5.92 Å². The molecule has 2 saturated heterocycles. The molecule has 1 amide bonds. The number of hydrogen-bond acceptors (Lipinski definition) is 2. The molecule has 2 aliphatic heterocycles. The molecule has 1 atom stereocenters. The van der Waals surface area contributed by atoms with E-state index >= 15 is 0 Å². The lowest BCUT2D eigenvalue weighted by Gasteiger charge is -2.16. The zero-order chi connectivity index (χ0) is 9.10. The number of amides is 1. The Bertz CT molecular complexity index is 181.